The molecule has 3 amide bonds. The number of hydrogen-bond acceptors (Lipinski definition) is 3. The van der Waals surface area contributed by atoms with E-state index in [1.165, 1.54) is 4.68 Å². The SMILES string of the molecule is Cc1c(Cl)cccc1NC(=O)c1cc2cc(Br)ccc2n1NC(=O)C(=O)NCCC(C)C. The normalized spacial score (nSPS) is 10.9. The van der Waals surface area contributed by atoms with Crippen LogP contribution in [-0.4, -0.2) is 28.9 Å². The molecule has 3 rings (SSSR count). The molecule has 3 aromatic rings. The molecule has 0 radical (unpaired) electrons. The highest BCUT2D eigenvalue weighted by molar-refractivity contribution is 9.10. The molecule has 32 heavy (non-hydrogen) atoms. The maximum atomic E-state index is 13.1. The summed E-state index contributed by atoms with van der Waals surface area (Å²) in [6.07, 6.45) is 0.756. The van der Waals surface area contributed by atoms with Crippen molar-refractivity contribution in [3.05, 3.63) is 63.2 Å². The highest BCUT2D eigenvalue weighted by atomic mass is 79.9. The molecule has 0 spiro atoms. The molecule has 2 aromatic carbocycles. The Hall–Kier alpha value is -2.84. The molecule has 0 saturated carbocycles. The Morgan fingerprint density at radius 2 is 1.84 bits per heavy atom. The Morgan fingerprint density at radius 3 is 2.56 bits per heavy atom. The molecule has 3 N–H and O–H groups in total. The average Bonchev–Trinajstić information content (AvgIpc) is 3.08. The number of nitrogens with one attached hydrogen (secondary N) is 3. The van der Waals surface area contributed by atoms with Gasteiger partial charge in [-0.25, -0.2) is 4.68 Å². The van der Waals surface area contributed by atoms with Crippen LogP contribution >= 0.6 is 27.5 Å². The van der Waals surface area contributed by atoms with E-state index in [2.05, 4.69) is 32.0 Å². The van der Waals surface area contributed by atoms with Crippen molar-refractivity contribution < 1.29 is 14.4 Å². The molecule has 7 nitrogen and oxygen atoms in total. The third kappa shape index (κ3) is 5.49. The van der Waals surface area contributed by atoms with Crippen LogP contribution in [-0.2, 0) is 9.59 Å². The number of fused-ring (bicyclic) bond motifs is 1. The number of rotatable bonds is 6. The van der Waals surface area contributed by atoms with Crippen LogP contribution in [0.5, 0.6) is 0 Å². The van der Waals surface area contributed by atoms with Crippen molar-refractivity contribution in [2.45, 2.75) is 27.2 Å². The number of carbonyl (C=O) groups excluding carboxylic acids is 3. The second-order valence-electron chi connectivity index (χ2n) is 7.81. The van der Waals surface area contributed by atoms with E-state index in [0.29, 0.717) is 34.1 Å². The lowest BCUT2D eigenvalue weighted by Gasteiger charge is -2.14. The first kappa shape index (κ1) is 23.8. The molecule has 168 valence electrons. The van der Waals surface area contributed by atoms with E-state index in [9.17, 15) is 14.4 Å². The molecule has 1 heterocycles. The van der Waals surface area contributed by atoms with Crippen molar-refractivity contribution in [2.75, 3.05) is 17.3 Å². The Labute approximate surface area is 199 Å². The highest BCUT2D eigenvalue weighted by Gasteiger charge is 2.21. The lowest BCUT2D eigenvalue weighted by atomic mass is 10.1. The fourth-order valence-electron chi connectivity index (χ4n) is 3.11. The second kappa shape index (κ2) is 10.2. The predicted molar refractivity (Wildman–Crippen MR) is 131 cm³/mol. The quantitative estimate of drug-likeness (QED) is 0.407. The van der Waals surface area contributed by atoms with Gasteiger partial charge >= 0.3 is 11.8 Å². The Balaban J connectivity index is 1.90. The number of amides is 3. The van der Waals surface area contributed by atoms with Crippen molar-refractivity contribution >= 4 is 61.8 Å². The Morgan fingerprint density at radius 1 is 1.09 bits per heavy atom. The molecule has 1 aromatic heterocycles. The van der Waals surface area contributed by atoms with Gasteiger partial charge < -0.3 is 10.6 Å². The largest absolute Gasteiger partial charge is 0.348 e. The molecule has 0 aliphatic heterocycles. The van der Waals surface area contributed by atoms with E-state index in [4.69, 9.17) is 11.6 Å². The molecular weight excluding hydrogens is 496 g/mol. The van der Waals surface area contributed by atoms with Gasteiger partial charge in [0.15, 0.2) is 0 Å². The lowest BCUT2D eigenvalue weighted by Crippen LogP contribution is -2.40. The molecule has 0 aliphatic carbocycles. The summed E-state index contributed by atoms with van der Waals surface area (Å²) in [5.74, 6) is -1.68. The summed E-state index contributed by atoms with van der Waals surface area (Å²) in [6.45, 7) is 6.25. The topological polar surface area (TPSA) is 92.2 Å². The first-order valence-electron chi connectivity index (χ1n) is 10.1. The molecule has 0 fully saturated rings. The van der Waals surface area contributed by atoms with Gasteiger partial charge in [0.2, 0.25) is 0 Å². The van der Waals surface area contributed by atoms with Gasteiger partial charge in [-0.1, -0.05) is 47.4 Å². The summed E-state index contributed by atoms with van der Waals surface area (Å²) in [6, 6.07) is 12.2. The fraction of sp³-hybridized carbons (Fsp3) is 0.261. The Bertz CT molecular complexity index is 1190. The van der Waals surface area contributed by atoms with Crippen LogP contribution < -0.4 is 16.1 Å². The number of benzene rings is 2. The van der Waals surface area contributed by atoms with E-state index < -0.39 is 17.7 Å². The third-order valence-electron chi connectivity index (χ3n) is 4.94. The van der Waals surface area contributed by atoms with E-state index in [1.54, 1.807) is 43.3 Å². The van der Waals surface area contributed by atoms with E-state index >= 15 is 0 Å². The van der Waals surface area contributed by atoms with Crippen LogP contribution in [0.15, 0.2) is 46.9 Å². The zero-order valence-corrected chi connectivity index (χ0v) is 20.3. The van der Waals surface area contributed by atoms with Crippen LogP contribution in [0.3, 0.4) is 0 Å². The zero-order chi connectivity index (χ0) is 23.4. The molecule has 0 unspecified atom stereocenters. The van der Waals surface area contributed by atoms with Crippen LogP contribution in [0, 0.1) is 12.8 Å². The summed E-state index contributed by atoms with van der Waals surface area (Å²) in [5.41, 5.74) is 4.57. The number of nitrogens with zero attached hydrogens (tertiary/aromatic N) is 1. The van der Waals surface area contributed by atoms with Gasteiger partial charge in [-0.05, 0) is 61.2 Å². The summed E-state index contributed by atoms with van der Waals surface area (Å²) in [4.78, 5) is 37.9. The fourth-order valence-corrected chi connectivity index (χ4v) is 3.66. The van der Waals surface area contributed by atoms with Crippen molar-refractivity contribution in [1.29, 1.82) is 0 Å². The van der Waals surface area contributed by atoms with Gasteiger partial charge in [-0.15, -0.1) is 0 Å². The van der Waals surface area contributed by atoms with Crippen LogP contribution in [0.1, 0.15) is 36.3 Å². The van der Waals surface area contributed by atoms with E-state index in [-0.39, 0.29) is 5.69 Å². The number of anilines is 1. The van der Waals surface area contributed by atoms with Gasteiger partial charge in [0.25, 0.3) is 5.91 Å². The van der Waals surface area contributed by atoms with E-state index in [1.807, 2.05) is 19.9 Å². The number of carbonyl (C=O) groups is 3. The number of halogens is 2. The third-order valence-corrected chi connectivity index (χ3v) is 5.84. The van der Waals surface area contributed by atoms with Gasteiger partial charge in [0.1, 0.15) is 5.69 Å². The Kier molecular flexibility index (Phi) is 7.58. The molecule has 0 aliphatic rings. The number of hydrogen-bond donors (Lipinski definition) is 3. The minimum atomic E-state index is -0.859. The van der Waals surface area contributed by atoms with Crippen molar-refractivity contribution in [3.63, 3.8) is 0 Å². The minimum absolute atomic E-state index is 0.167. The van der Waals surface area contributed by atoms with Crippen molar-refractivity contribution in [2.24, 2.45) is 5.92 Å². The summed E-state index contributed by atoms with van der Waals surface area (Å²) >= 11 is 9.57. The van der Waals surface area contributed by atoms with Gasteiger partial charge in [-0.3, -0.25) is 19.8 Å². The van der Waals surface area contributed by atoms with E-state index in [0.717, 1.165) is 16.5 Å². The predicted octanol–water partition coefficient (Wildman–Crippen LogP) is 4.85. The maximum absolute atomic E-state index is 13.1. The summed E-state index contributed by atoms with van der Waals surface area (Å²) < 4.78 is 2.14. The number of aromatic nitrogens is 1. The standard InChI is InChI=1S/C23H24BrClN4O3/c1-13(2)9-10-26-22(31)23(32)28-29-19-8-7-16(24)11-15(19)12-20(29)21(30)27-18-6-4-5-17(25)14(18)3/h4-8,11-13H,9-10H2,1-3H3,(H,26,31)(H,27,30)(H,28,32). The van der Waals surface area contributed by atoms with Crippen molar-refractivity contribution in [3.8, 4) is 0 Å². The lowest BCUT2D eigenvalue weighted by molar-refractivity contribution is -0.136. The maximum Gasteiger partial charge on any atom is 0.328 e. The zero-order valence-electron chi connectivity index (χ0n) is 18.0. The van der Waals surface area contributed by atoms with Gasteiger partial charge in [-0.2, -0.15) is 0 Å². The molecule has 9 heteroatoms. The van der Waals surface area contributed by atoms with Crippen molar-refractivity contribution in [1.82, 2.24) is 9.99 Å². The van der Waals surface area contributed by atoms with Crippen LogP contribution in [0.2, 0.25) is 5.02 Å². The first-order valence-corrected chi connectivity index (χ1v) is 11.3. The van der Waals surface area contributed by atoms with Gasteiger partial charge in [0.05, 0.1) is 5.52 Å². The summed E-state index contributed by atoms with van der Waals surface area (Å²) in [7, 11) is 0. The molecule has 0 atom stereocenters. The van der Waals surface area contributed by atoms with Gasteiger partial charge in [0, 0.05) is 27.1 Å². The van der Waals surface area contributed by atoms with Crippen LogP contribution in [0.25, 0.3) is 10.9 Å². The highest BCUT2D eigenvalue weighted by Crippen LogP contribution is 2.26. The molecule has 0 saturated heterocycles. The second-order valence-corrected chi connectivity index (χ2v) is 9.14. The summed E-state index contributed by atoms with van der Waals surface area (Å²) in [5, 5.41) is 6.67. The molecule has 0 bridgehead atoms. The average molecular weight is 520 g/mol. The first-order chi connectivity index (χ1) is 15.2. The minimum Gasteiger partial charge on any atom is -0.348 e. The monoisotopic (exact) mass is 518 g/mol. The van der Waals surface area contributed by atoms with Crippen LogP contribution in [0.4, 0.5) is 5.69 Å². The molecular formula is C23H24BrClN4O3. The smallest absolute Gasteiger partial charge is 0.328 e.